The van der Waals surface area contributed by atoms with Gasteiger partial charge in [0.05, 0.1) is 26.7 Å². The number of halogens is 2. The van der Waals surface area contributed by atoms with E-state index >= 15 is 0 Å². The molecule has 1 N–H and O–H groups in total. The highest BCUT2D eigenvalue weighted by Crippen LogP contribution is 2.34. The molecule has 1 aromatic heterocycles. The van der Waals surface area contributed by atoms with Crippen molar-refractivity contribution >= 4 is 40.0 Å². The molecule has 2 heterocycles. The van der Waals surface area contributed by atoms with Gasteiger partial charge in [0, 0.05) is 7.05 Å². The lowest BCUT2D eigenvalue weighted by Gasteiger charge is -2.25. The molecule has 9 heteroatoms. The third-order valence-electron chi connectivity index (χ3n) is 4.15. The average molecular weight is 392 g/mol. The van der Waals surface area contributed by atoms with Gasteiger partial charge in [-0.15, -0.1) is 0 Å². The van der Waals surface area contributed by atoms with Crippen LogP contribution in [0.4, 0.5) is 0 Å². The summed E-state index contributed by atoms with van der Waals surface area (Å²) in [5, 5.41) is 10.1. The van der Waals surface area contributed by atoms with Crippen molar-refractivity contribution in [1.29, 1.82) is 0 Å². The first-order chi connectivity index (χ1) is 12.4. The van der Waals surface area contributed by atoms with Gasteiger partial charge in [0.2, 0.25) is 0 Å². The molecular weight excluding hydrogens is 381 g/mol. The molecule has 0 spiro atoms. The van der Waals surface area contributed by atoms with E-state index in [0.29, 0.717) is 17.0 Å². The van der Waals surface area contributed by atoms with Crippen molar-refractivity contribution in [2.75, 3.05) is 13.8 Å². The van der Waals surface area contributed by atoms with Gasteiger partial charge in [0.15, 0.2) is 12.5 Å². The molecule has 1 aliphatic rings. The summed E-state index contributed by atoms with van der Waals surface area (Å²) in [6.45, 7) is 0.165. The van der Waals surface area contributed by atoms with E-state index in [-0.39, 0.29) is 39.3 Å². The van der Waals surface area contributed by atoms with Crippen molar-refractivity contribution in [2.24, 2.45) is 0 Å². The molecule has 4 rings (SSSR count). The second-order valence-corrected chi connectivity index (χ2v) is 6.60. The molecule has 0 aliphatic carbocycles. The number of benzene rings is 2. The third kappa shape index (κ3) is 2.40. The lowest BCUT2D eigenvalue weighted by molar-refractivity contribution is 0.0595. The Labute approximate surface area is 157 Å². The zero-order valence-corrected chi connectivity index (χ0v) is 14.9. The first-order valence-corrected chi connectivity index (χ1v) is 8.25. The summed E-state index contributed by atoms with van der Waals surface area (Å²) in [6.07, 6.45) is 1.25. The van der Waals surface area contributed by atoms with Crippen LogP contribution in [0.15, 0.2) is 35.4 Å². The van der Waals surface area contributed by atoms with E-state index in [2.05, 4.69) is 4.98 Å². The zero-order valence-electron chi connectivity index (χ0n) is 13.4. The van der Waals surface area contributed by atoms with Gasteiger partial charge >= 0.3 is 0 Å². The van der Waals surface area contributed by atoms with Gasteiger partial charge in [-0.2, -0.15) is 0 Å². The number of phenols is 1. The molecule has 3 aromatic rings. The number of rotatable bonds is 1. The van der Waals surface area contributed by atoms with Crippen LogP contribution in [0.3, 0.4) is 0 Å². The number of fused-ring (bicyclic) bond motifs is 2. The fraction of sp³-hybridized carbons (Fsp3) is 0.118. The predicted molar refractivity (Wildman–Crippen MR) is 96.6 cm³/mol. The minimum absolute atomic E-state index is 0.00622. The van der Waals surface area contributed by atoms with Crippen LogP contribution in [-0.2, 0) is 0 Å². The van der Waals surface area contributed by atoms with Gasteiger partial charge in [0.1, 0.15) is 17.6 Å². The quantitative estimate of drug-likeness (QED) is 0.689. The van der Waals surface area contributed by atoms with Crippen molar-refractivity contribution in [3.05, 3.63) is 56.6 Å². The lowest BCUT2D eigenvalue weighted by atomic mass is 10.1. The van der Waals surface area contributed by atoms with Gasteiger partial charge in [-0.25, -0.2) is 4.98 Å². The van der Waals surface area contributed by atoms with Crippen LogP contribution in [0.2, 0.25) is 10.0 Å². The van der Waals surface area contributed by atoms with Crippen LogP contribution in [0, 0.1) is 0 Å². The maximum absolute atomic E-state index is 12.9. The normalized spacial score (nSPS) is 13.7. The standard InChI is InChI=1S/C17H11Cl2N3O4/c1-21-7-26-12-3-2-8(4-9(12)16(21)24)22-6-20-14-13(17(22)25)10(18)5-11(19)15(14)23/h2-6,23H,7H2,1H3. The highest BCUT2D eigenvalue weighted by molar-refractivity contribution is 6.39. The van der Waals surface area contributed by atoms with Crippen molar-refractivity contribution in [3.63, 3.8) is 0 Å². The fourth-order valence-electron chi connectivity index (χ4n) is 2.79. The van der Waals surface area contributed by atoms with Crippen molar-refractivity contribution in [3.8, 4) is 17.2 Å². The van der Waals surface area contributed by atoms with E-state index in [4.69, 9.17) is 27.9 Å². The van der Waals surface area contributed by atoms with E-state index in [9.17, 15) is 14.7 Å². The highest BCUT2D eigenvalue weighted by Gasteiger charge is 2.24. The van der Waals surface area contributed by atoms with Crippen LogP contribution >= 0.6 is 23.2 Å². The molecule has 0 unspecified atom stereocenters. The van der Waals surface area contributed by atoms with Gasteiger partial charge < -0.3 is 14.7 Å². The predicted octanol–water partition coefficient (Wildman–Crippen LogP) is 2.82. The molecule has 132 valence electrons. The zero-order chi connectivity index (χ0) is 18.6. The fourth-order valence-corrected chi connectivity index (χ4v) is 3.32. The Kier molecular flexibility index (Phi) is 3.78. The first kappa shape index (κ1) is 16.7. The Balaban J connectivity index is 1.95. The van der Waals surface area contributed by atoms with Crippen LogP contribution in [0.5, 0.6) is 11.5 Å². The number of ether oxygens (including phenoxy) is 1. The average Bonchev–Trinajstić information content (AvgIpc) is 2.62. The van der Waals surface area contributed by atoms with Gasteiger partial charge in [-0.05, 0) is 24.3 Å². The number of hydrogen-bond donors (Lipinski definition) is 1. The van der Waals surface area contributed by atoms with Crippen LogP contribution in [0.1, 0.15) is 10.4 Å². The third-order valence-corrected chi connectivity index (χ3v) is 4.73. The molecule has 0 bridgehead atoms. The number of nitrogens with zero attached hydrogens (tertiary/aromatic N) is 3. The van der Waals surface area contributed by atoms with Gasteiger partial charge in [-0.3, -0.25) is 14.2 Å². The van der Waals surface area contributed by atoms with Gasteiger partial charge in [-0.1, -0.05) is 23.2 Å². The minimum atomic E-state index is -0.496. The molecule has 0 saturated heterocycles. The summed E-state index contributed by atoms with van der Waals surface area (Å²) in [5.74, 6) is -0.0792. The molecule has 0 saturated carbocycles. The van der Waals surface area contributed by atoms with E-state index in [1.807, 2.05) is 0 Å². The molecule has 26 heavy (non-hydrogen) atoms. The molecule has 0 atom stereocenters. The second-order valence-electron chi connectivity index (χ2n) is 5.79. The summed E-state index contributed by atoms with van der Waals surface area (Å²) in [5.41, 5.74) is 0.277. The molecule has 1 amide bonds. The smallest absolute Gasteiger partial charge is 0.267 e. The Morgan fingerprint density at radius 3 is 2.73 bits per heavy atom. The number of carbonyl (C=O) groups excluding carboxylic acids is 1. The second kappa shape index (κ2) is 5.89. The molecule has 0 radical (unpaired) electrons. The van der Waals surface area contributed by atoms with E-state index in [0.717, 1.165) is 0 Å². The summed E-state index contributed by atoms with van der Waals surface area (Å²) < 4.78 is 6.72. The lowest BCUT2D eigenvalue weighted by Crippen LogP contribution is -2.35. The Hall–Kier alpha value is -2.77. The topological polar surface area (TPSA) is 84.7 Å². The van der Waals surface area contributed by atoms with E-state index < -0.39 is 5.56 Å². The van der Waals surface area contributed by atoms with E-state index in [1.54, 1.807) is 25.2 Å². The largest absolute Gasteiger partial charge is 0.504 e. The molecule has 1 aliphatic heterocycles. The monoisotopic (exact) mass is 391 g/mol. The van der Waals surface area contributed by atoms with Crippen LogP contribution < -0.4 is 10.3 Å². The van der Waals surface area contributed by atoms with Crippen molar-refractivity contribution in [1.82, 2.24) is 14.5 Å². The maximum atomic E-state index is 12.9. The Morgan fingerprint density at radius 1 is 1.19 bits per heavy atom. The summed E-state index contributed by atoms with van der Waals surface area (Å²) >= 11 is 12.0. The minimum Gasteiger partial charge on any atom is -0.504 e. The SMILES string of the molecule is CN1COc2ccc(-n3cnc4c(O)c(Cl)cc(Cl)c4c3=O)cc2C1=O. The number of aromatic nitrogens is 2. The first-order valence-electron chi connectivity index (χ1n) is 7.49. The number of hydrogen-bond acceptors (Lipinski definition) is 5. The van der Waals surface area contributed by atoms with Crippen LogP contribution in [-0.4, -0.2) is 39.2 Å². The summed E-state index contributed by atoms with van der Waals surface area (Å²) in [6, 6.07) is 6.09. The Bertz CT molecular complexity index is 1140. The van der Waals surface area contributed by atoms with Crippen LogP contribution in [0.25, 0.3) is 16.6 Å². The number of carbonyl (C=O) groups is 1. The maximum Gasteiger partial charge on any atom is 0.267 e. The highest BCUT2D eigenvalue weighted by atomic mass is 35.5. The molecule has 0 fully saturated rings. The van der Waals surface area contributed by atoms with Crippen molar-refractivity contribution in [2.45, 2.75) is 0 Å². The number of phenolic OH excluding ortho intramolecular Hbond substituents is 1. The van der Waals surface area contributed by atoms with Gasteiger partial charge in [0.25, 0.3) is 11.5 Å². The molecular formula is C17H11Cl2N3O4. The summed E-state index contributed by atoms with van der Waals surface area (Å²) in [4.78, 5) is 30.7. The Morgan fingerprint density at radius 2 is 1.96 bits per heavy atom. The summed E-state index contributed by atoms with van der Waals surface area (Å²) in [7, 11) is 1.62. The molecule has 2 aromatic carbocycles. The number of aromatic hydroxyl groups is 1. The molecule has 7 nitrogen and oxygen atoms in total. The number of amides is 1. The van der Waals surface area contributed by atoms with E-state index in [1.165, 1.54) is 21.9 Å². The van der Waals surface area contributed by atoms with Crippen molar-refractivity contribution < 1.29 is 14.6 Å².